The van der Waals surface area contributed by atoms with E-state index in [1.165, 1.54) is 6.07 Å². The first-order valence-electron chi connectivity index (χ1n) is 5.66. The van der Waals surface area contributed by atoms with Gasteiger partial charge in [0.25, 0.3) is 6.43 Å². The van der Waals surface area contributed by atoms with E-state index in [9.17, 15) is 8.78 Å². The van der Waals surface area contributed by atoms with Gasteiger partial charge >= 0.3 is 0 Å². The molecule has 0 amide bonds. The van der Waals surface area contributed by atoms with Gasteiger partial charge in [-0.25, -0.2) is 13.8 Å². The monoisotopic (exact) mass is 314 g/mol. The van der Waals surface area contributed by atoms with E-state index in [1.54, 1.807) is 0 Å². The van der Waals surface area contributed by atoms with Crippen LogP contribution in [0.1, 0.15) is 24.6 Å². The van der Waals surface area contributed by atoms with Crippen LogP contribution in [0.3, 0.4) is 0 Å². The van der Waals surface area contributed by atoms with Gasteiger partial charge in [-0.05, 0) is 31.5 Å². The number of nitrogens with zero attached hydrogens (tertiary/aromatic N) is 1. The Bertz CT molecular complexity index is 585. The van der Waals surface area contributed by atoms with Gasteiger partial charge in [0.1, 0.15) is 5.69 Å². The molecule has 2 rings (SSSR count). The number of pyridine rings is 1. The Morgan fingerprint density at radius 2 is 2.11 bits per heavy atom. The number of fused-ring (bicyclic) bond motifs is 1. The number of aromatic nitrogens is 1. The molecule has 5 heteroatoms. The van der Waals surface area contributed by atoms with Crippen LogP contribution in [0.25, 0.3) is 10.9 Å². The van der Waals surface area contributed by atoms with E-state index in [1.807, 2.05) is 26.0 Å². The average Bonchev–Trinajstić information content (AvgIpc) is 2.33. The molecule has 96 valence electrons. The summed E-state index contributed by atoms with van der Waals surface area (Å²) in [6, 6.07) is 5.19. The fraction of sp³-hybridized carbons (Fsp3) is 0.308. The zero-order valence-corrected chi connectivity index (χ0v) is 11.7. The maximum Gasteiger partial charge on any atom is 0.280 e. The Labute approximate surface area is 113 Å². The molecule has 0 saturated heterocycles. The fourth-order valence-electron chi connectivity index (χ4n) is 1.89. The van der Waals surface area contributed by atoms with Crippen LogP contribution in [0.4, 0.5) is 14.5 Å². The minimum absolute atomic E-state index is 0.195. The third-order valence-corrected chi connectivity index (χ3v) is 3.38. The Hall–Kier alpha value is -1.23. The highest BCUT2D eigenvalue weighted by Crippen LogP contribution is 2.34. The summed E-state index contributed by atoms with van der Waals surface area (Å²) in [5, 5.41) is 3.96. The Morgan fingerprint density at radius 1 is 1.39 bits per heavy atom. The van der Waals surface area contributed by atoms with E-state index in [0.29, 0.717) is 17.7 Å². The summed E-state index contributed by atoms with van der Waals surface area (Å²) in [7, 11) is 0. The van der Waals surface area contributed by atoms with E-state index in [4.69, 9.17) is 0 Å². The normalized spacial score (nSPS) is 11.2. The van der Waals surface area contributed by atoms with Crippen LogP contribution < -0.4 is 5.32 Å². The van der Waals surface area contributed by atoms with E-state index in [2.05, 4.69) is 26.2 Å². The van der Waals surface area contributed by atoms with Crippen molar-refractivity contribution in [1.29, 1.82) is 0 Å². The molecule has 0 aliphatic heterocycles. The number of nitrogens with one attached hydrogen (secondary N) is 1. The zero-order valence-electron chi connectivity index (χ0n) is 10.1. The summed E-state index contributed by atoms with van der Waals surface area (Å²) < 4.78 is 26.5. The van der Waals surface area contributed by atoms with E-state index in [0.717, 1.165) is 15.4 Å². The minimum Gasteiger partial charge on any atom is -0.385 e. The number of anilines is 1. The molecule has 0 spiro atoms. The average molecular weight is 315 g/mol. The van der Waals surface area contributed by atoms with Crippen LogP contribution in [-0.2, 0) is 0 Å². The van der Waals surface area contributed by atoms with Gasteiger partial charge in [-0.2, -0.15) is 0 Å². The van der Waals surface area contributed by atoms with Crippen LogP contribution in [0.5, 0.6) is 0 Å². The summed E-state index contributed by atoms with van der Waals surface area (Å²) in [6.45, 7) is 4.47. The lowest BCUT2D eigenvalue weighted by atomic mass is 10.1. The predicted molar refractivity (Wildman–Crippen MR) is 73.3 cm³/mol. The predicted octanol–water partition coefficient (Wildman–Crippen LogP) is 4.68. The molecule has 0 fully saturated rings. The molecule has 2 aromatic rings. The standard InChI is InChI=1S/C13H13BrF2N2/c1-3-17-9-6-10(13(15)16)18-12-7(2)4-5-8(14)11(9)12/h4-6,13H,3H2,1-2H3,(H,17,18). The second kappa shape index (κ2) is 5.18. The zero-order chi connectivity index (χ0) is 13.3. The highest BCUT2D eigenvalue weighted by Gasteiger charge is 2.15. The van der Waals surface area contributed by atoms with Crippen LogP contribution >= 0.6 is 15.9 Å². The first-order chi connectivity index (χ1) is 8.54. The van der Waals surface area contributed by atoms with E-state index >= 15 is 0 Å². The van der Waals surface area contributed by atoms with Crippen LogP contribution in [0, 0.1) is 6.92 Å². The molecule has 1 heterocycles. The van der Waals surface area contributed by atoms with Gasteiger partial charge < -0.3 is 5.32 Å². The molecule has 1 aromatic heterocycles. The quantitative estimate of drug-likeness (QED) is 0.890. The molecule has 1 aromatic carbocycles. The number of aryl methyl sites for hydroxylation is 1. The van der Waals surface area contributed by atoms with Gasteiger partial charge in [-0.3, -0.25) is 0 Å². The molecule has 0 atom stereocenters. The van der Waals surface area contributed by atoms with Crippen molar-refractivity contribution in [3.05, 3.63) is 33.9 Å². The highest BCUT2D eigenvalue weighted by molar-refractivity contribution is 9.10. The van der Waals surface area contributed by atoms with Crippen LogP contribution in [0.15, 0.2) is 22.7 Å². The largest absolute Gasteiger partial charge is 0.385 e. The number of hydrogen-bond donors (Lipinski definition) is 1. The Kier molecular flexibility index (Phi) is 3.80. The van der Waals surface area contributed by atoms with Gasteiger partial charge in [0.15, 0.2) is 0 Å². The molecule has 1 N–H and O–H groups in total. The molecule has 2 nitrogen and oxygen atoms in total. The number of benzene rings is 1. The minimum atomic E-state index is -2.56. The molecular weight excluding hydrogens is 302 g/mol. The maximum absolute atomic E-state index is 12.8. The highest BCUT2D eigenvalue weighted by atomic mass is 79.9. The molecule has 0 aliphatic carbocycles. The van der Waals surface area contributed by atoms with Gasteiger partial charge in [0.05, 0.1) is 5.52 Å². The van der Waals surface area contributed by atoms with Crippen molar-refractivity contribution in [2.24, 2.45) is 0 Å². The lowest BCUT2D eigenvalue weighted by Gasteiger charge is -2.13. The topological polar surface area (TPSA) is 24.9 Å². The lowest BCUT2D eigenvalue weighted by molar-refractivity contribution is 0.146. The van der Waals surface area contributed by atoms with Gasteiger partial charge in [0, 0.05) is 22.1 Å². The molecule has 0 unspecified atom stereocenters. The second-order valence-corrected chi connectivity index (χ2v) is 4.87. The molecule has 18 heavy (non-hydrogen) atoms. The van der Waals surface area contributed by atoms with Gasteiger partial charge in [0.2, 0.25) is 0 Å². The third kappa shape index (κ3) is 2.32. The number of halogens is 3. The lowest BCUT2D eigenvalue weighted by Crippen LogP contribution is -2.02. The van der Waals surface area contributed by atoms with E-state index in [-0.39, 0.29) is 5.69 Å². The molecule has 0 bridgehead atoms. The fourth-order valence-corrected chi connectivity index (χ4v) is 2.43. The second-order valence-electron chi connectivity index (χ2n) is 4.01. The maximum atomic E-state index is 12.8. The summed E-state index contributed by atoms with van der Waals surface area (Å²) in [5.74, 6) is 0. The van der Waals surface area contributed by atoms with Gasteiger partial charge in [-0.1, -0.05) is 22.0 Å². The smallest absolute Gasteiger partial charge is 0.280 e. The van der Waals surface area contributed by atoms with Crippen LogP contribution in [0.2, 0.25) is 0 Å². The SMILES string of the molecule is CCNc1cc(C(F)F)nc2c(C)ccc(Br)c12. The van der Waals surface area contributed by atoms with Crippen molar-refractivity contribution in [3.63, 3.8) is 0 Å². The molecular formula is C13H13BrF2N2. The van der Waals surface area contributed by atoms with E-state index < -0.39 is 6.43 Å². The molecule has 0 saturated carbocycles. The summed E-state index contributed by atoms with van der Waals surface area (Å²) in [6.07, 6.45) is -2.56. The van der Waals surface area contributed by atoms with Crippen molar-refractivity contribution in [2.45, 2.75) is 20.3 Å². The van der Waals surface area contributed by atoms with Crippen molar-refractivity contribution >= 4 is 32.5 Å². The summed E-state index contributed by atoms with van der Waals surface area (Å²) >= 11 is 3.45. The summed E-state index contributed by atoms with van der Waals surface area (Å²) in [5.41, 5.74) is 1.99. The van der Waals surface area contributed by atoms with Crippen molar-refractivity contribution in [1.82, 2.24) is 4.98 Å². The molecule has 0 aliphatic rings. The van der Waals surface area contributed by atoms with Crippen molar-refractivity contribution < 1.29 is 8.78 Å². The Morgan fingerprint density at radius 3 is 2.72 bits per heavy atom. The number of alkyl halides is 2. The Balaban J connectivity index is 2.80. The summed E-state index contributed by atoms with van der Waals surface area (Å²) in [4.78, 5) is 4.06. The third-order valence-electron chi connectivity index (χ3n) is 2.72. The van der Waals surface area contributed by atoms with Crippen molar-refractivity contribution in [3.8, 4) is 0 Å². The van der Waals surface area contributed by atoms with Gasteiger partial charge in [-0.15, -0.1) is 0 Å². The first kappa shape index (κ1) is 13.2. The number of rotatable bonds is 3. The van der Waals surface area contributed by atoms with Crippen molar-refractivity contribution in [2.75, 3.05) is 11.9 Å². The molecule has 0 radical (unpaired) electrons. The van der Waals surface area contributed by atoms with Crippen LogP contribution in [-0.4, -0.2) is 11.5 Å². The number of hydrogen-bond acceptors (Lipinski definition) is 2. The first-order valence-corrected chi connectivity index (χ1v) is 6.45.